The van der Waals surface area contributed by atoms with Crippen molar-refractivity contribution < 1.29 is 9.90 Å². The summed E-state index contributed by atoms with van der Waals surface area (Å²) in [5, 5.41) is 13.2. The van der Waals surface area contributed by atoms with Crippen LogP contribution in [0.15, 0.2) is 48.7 Å². The number of hydrogen-bond acceptors (Lipinski definition) is 3. The Labute approximate surface area is 124 Å². The van der Waals surface area contributed by atoms with E-state index in [1.807, 2.05) is 49.4 Å². The number of nitrogens with one attached hydrogen (secondary N) is 1. The van der Waals surface area contributed by atoms with Crippen molar-refractivity contribution in [2.24, 2.45) is 0 Å². The monoisotopic (exact) mass is 284 g/mol. The number of carbonyl (C=O) groups is 1. The highest BCUT2D eigenvalue weighted by atomic mass is 16.3. The number of aryl methyl sites for hydroxylation is 1. The van der Waals surface area contributed by atoms with Gasteiger partial charge in [0.1, 0.15) is 0 Å². The molecule has 0 aliphatic rings. The molecule has 0 aliphatic heterocycles. The molecule has 1 heterocycles. The average molecular weight is 284 g/mol. The molecule has 0 fully saturated rings. The topological polar surface area (TPSA) is 62.2 Å². The Kier molecular flexibility index (Phi) is 4.70. The summed E-state index contributed by atoms with van der Waals surface area (Å²) in [6.45, 7) is 3.97. The standard InChI is InChI=1S/C17H20N2O2/c1-13-7-6-10-18-15(13)12-19-16(20)11-17(2,21)14-8-4-3-5-9-14/h3-10,21H,11-12H2,1-2H3,(H,19,20). The molecule has 2 rings (SSSR count). The van der Waals surface area contributed by atoms with Gasteiger partial charge in [-0.2, -0.15) is 0 Å². The predicted molar refractivity (Wildman–Crippen MR) is 81.5 cm³/mol. The molecule has 0 saturated carbocycles. The van der Waals surface area contributed by atoms with Gasteiger partial charge in [0.2, 0.25) is 5.91 Å². The third kappa shape index (κ3) is 4.13. The van der Waals surface area contributed by atoms with Gasteiger partial charge in [0.25, 0.3) is 0 Å². The maximum Gasteiger partial charge on any atom is 0.223 e. The van der Waals surface area contributed by atoms with E-state index >= 15 is 0 Å². The van der Waals surface area contributed by atoms with Crippen molar-refractivity contribution in [2.75, 3.05) is 0 Å². The second-order valence-electron chi connectivity index (χ2n) is 5.36. The van der Waals surface area contributed by atoms with Crippen LogP contribution < -0.4 is 5.32 Å². The van der Waals surface area contributed by atoms with E-state index in [1.54, 1.807) is 13.1 Å². The molecule has 110 valence electrons. The van der Waals surface area contributed by atoms with E-state index in [1.165, 1.54) is 0 Å². The summed E-state index contributed by atoms with van der Waals surface area (Å²) < 4.78 is 0. The number of nitrogens with zero attached hydrogens (tertiary/aromatic N) is 1. The van der Waals surface area contributed by atoms with E-state index in [-0.39, 0.29) is 12.3 Å². The lowest BCUT2D eigenvalue weighted by Gasteiger charge is -2.23. The molecule has 1 unspecified atom stereocenters. The summed E-state index contributed by atoms with van der Waals surface area (Å²) >= 11 is 0. The van der Waals surface area contributed by atoms with Gasteiger partial charge < -0.3 is 10.4 Å². The minimum absolute atomic E-state index is 0.0168. The third-order valence-corrected chi connectivity index (χ3v) is 3.47. The zero-order valence-corrected chi connectivity index (χ0v) is 12.3. The molecule has 0 aliphatic carbocycles. The molecule has 2 N–H and O–H groups in total. The summed E-state index contributed by atoms with van der Waals surface area (Å²) in [5.41, 5.74) is 1.43. The summed E-state index contributed by atoms with van der Waals surface area (Å²) in [5.74, 6) is -0.200. The Morgan fingerprint density at radius 3 is 2.62 bits per heavy atom. The van der Waals surface area contributed by atoms with E-state index in [2.05, 4.69) is 10.3 Å². The maximum absolute atomic E-state index is 12.0. The third-order valence-electron chi connectivity index (χ3n) is 3.47. The fourth-order valence-electron chi connectivity index (χ4n) is 2.16. The van der Waals surface area contributed by atoms with Crippen molar-refractivity contribution in [1.29, 1.82) is 0 Å². The van der Waals surface area contributed by atoms with Crippen LogP contribution in [0.1, 0.15) is 30.2 Å². The second-order valence-corrected chi connectivity index (χ2v) is 5.36. The normalized spacial score (nSPS) is 13.5. The lowest BCUT2D eigenvalue weighted by atomic mass is 9.92. The SMILES string of the molecule is Cc1cccnc1CNC(=O)CC(C)(O)c1ccccc1. The van der Waals surface area contributed by atoms with Crippen LogP contribution >= 0.6 is 0 Å². The molecule has 4 heteroatoms. The molecule has 1 aromatic carbocycles. The smallest absolute Gasteiger partial charge is 0.223 e. The van der Waals surface area contributed by atoms with Gasteiger partial charge in [-0.05, 0) is 31.0 Å². The minimum Gasteiger partial charge on any atom is -0.385 e. The molecular formula is C17H20N2O2. The van der Waals surface area contributed by atoms with Crippen LogP contribution in [-0.2, 0) is 16.9 Å². The largest absolute Gasteiger partial charge is 0.385 e. The molecule has 1 aromatic heterocycles. The first-order valence-corrected chi connectivity index (χ1v) is 6.94. The number of benzene rings is 1. The van der Waals surface area contributed by atoms with Gasteiger partial charge in [-0.15, -0.1) is 0 Å². The van der Waals surface area contributed by atoms with E-state index in [0.717, 1.165) is 16.8 Å². The summed E-state index contributed by atoms with van der Waals surface area (Å²) in [6, 6.07) is 13.0. The lowest BCUT2D eigenvalue weighted by Crippen LogP contribution is -2.32. The van der Waals surface area contributed by atoms with Crippen LogP contribution in [0.25, 0.3) is 0 Å². The van der Waals surface area contributed by atoms with Gasteiger partial charge in [-0.1, -0.05) is 36.4 Å². The average Bonchev–Trinajstić information content (AvgIpc) is 2.47. The molecule has 1 atom stereocenters. The molecule has 4 nitrogen and oxygen atoms in total. The molecule has 2 aromatic rings. The van der Waals surface area contributed by atoms with Gasteiger partial charge in [-0.25, -0.2) is 0 Å². The molecule has 0 radical (unpaired) electrons. The summed E-state index contributed by atoms with van der Waals surface area (Å²) in [7, 11) is 0. The van der Waals surface area contributed by atoms with Gasteiger partial charge in [-0.3, -0.25) is 9.78 Å². The Balaban J connectivity index is 1.94. The van der Waals surface area contributed by atoms with E-state index < -0.39 is 5.60 Å². The Morgan fingerprint density at radius 2 is 1.95 bits per heavy atom. The zero-order chi connectivity index (χ0) is 15.3. The van der Waals surface area contributed by atoms with Gasteiger partial charge in [0.05, 0.1) is 24.3 Å². The number of pyridine rings is 1. The van der Waals surface area contributed by atoms with Crippen molar-refractivity contribution in [1.82, 2.24) is 10.3 Å². The van der Waals surface area contributed by atoms with Crippen LogP contribution in [0.3, 0.4) is 0 Å². The van der Waals surface area contributed by atoms with E-state index in [4.69, 9.17) is 0 Å². The van der Waals surface area contributed by atoms with Crippen molar-refractivity contribution in [3.63, 3.8) is 0 Å². The fraction of sp³-hybridized carbons (Fsp3) is 0.294. The van der Waals surface area contributed by atoms with Crippen LogP contribution in [0.4, 0.5) is 0 Å². The van der Waals surface area contributed by atoms with E-state index in [9.17, 15) is 9.90 Å². The lowest BCUT2D eigenvalue weighted by molar-refractivity contribution is -0.126. The van der Waals surface area contributed by atoms with Gasteiger partial charge in [0.15, 0.2) is 0 Å². The first kappa shape index (κ1) is 15.2. The van der Waals surface area contributed by atoms with Crippen molar-refractivity contribution in [3.8, 4) is 0 Å². The Morgan fingerprint density at radius 1 is 1.24 bits per heavy atom. The number of amides is 1. The number of aromatic nitrogens is 1. The number of hydrogen-bond donors (Lipinski definition) is 2. The number of carbonyl (C=O) groups excluding carboxylic acids is 1. The van der Waals surface area contributed by atoms with Crippen LogP contribution in [0.5, 0.6) is 0 Å². The first-order valence-electron chi connectivity index (χ1n) is 6.94. The quantitative estimate of drug-likeness (QED) is 0.885. The number of rotatable bonds is 5. The van der Waals surface area contributed by atoms with Crippen LogP contribution in [-0.4, -0.2) is 16.0 Å². The van der Waals surface area contributed by atoms with E-state index in [0.29, 0.717) is 6.54 Å². The highest BCUT2D eigenvalue weighted by Gasteiger charge is 2.26. The summed E-state index contributed by atoms with van der Waals surface area (Å²) in [6.07, 6.45) is 1.72. The molecule has 21 heavy (non-hydrogen) atoms. The molecular weight excluding hydrogens is 264 g/mol. The highest BCUT2D eigenvalue weighted by molar-refractivity contribution is 5.77. The Bertz CT molecular complexity index is 609. The van der Waals surface area contributed by atoms with Crippen LogP contribution in [0.2, 0.25) is 0 Å². The molecule has 0 bridgehead atoms. The van der Waals surface area contributed by atoms with Gasteiger partial charge in [0, 0.05) is 6.20 Å². The Hall–Kier alpha value is -2.20. The van der Waals surface area contributed by atoms with Crippen molar-refractivity contribution >= 4 is 5.91 Å². The van der Waals surface area contributed by atoms with Crippen LogP contribution in [0, 0.1) is 6.92 Å². The van der Waals surface area contributed by atoms with Crippen molar-refractivity contribution in [3.05, 3.63) is 65.5 Å². The molecule has 0 saturated heterocycles. The zero-order valence-electron chi connectivity index (χ0n) is 12.3. The fourth-order valence-corrected chi connectivity index (χ4v) is 2.16. The molecule has 0 spiro atoms. The molecule has 1 amide bonds. The number of aliphatic hydroxyl groups is 1. The predicted octanol–water partition coefficient (Wildman–Crippen LogP) is 2.30. The highest BCUT2D eigenvalue weighted by Crippen LogP contribution is 2.23. The van der Waals surface area contributed by atoms with Crippen molar-refractivity contribution in [2.45, 2.75) is 32.4 Å². The maximum atomic E-state index is 12.0. The first-order chi connectivity index (χ1) is 9.99. The van der Waals surface area contributed by atoms with Gasteiger partial charge >= 0.3 is 0 Å². The second kappa shape index (κ2) is 6.50. The summed E-state index contributed by atoms with van der Waals surface area (Å²) in [4.78, 5) is 16.2. The minimum atomic E-state index is -1.18.